The van der Waals surface area contributed by atoms with Crippen LogP contribution >= 0.6 is 0 Å². The molecule has 0 spiro atoms. The van der Waals surface area contributed by atoms with Gasteiger partial charge in [0.2, 0.25) is 5.91 Å². The molecule has 1 heterocycles. The smallest absolute Gasteiger partial charge is 0.223 e. The molecule has 2 aliphatic rings. The highest BCUT2D eigenvalue weighted by molar-refractivity contribution is 5.80. The van der Waals surface area contributed by atoms with Crippen molar-refractivity contribution in [2.24, 2.45) is 23.7 Å². The summed E-state index contributed by atoms with van der Waals surface area (Å²) in [7, 11) is 0. The van der Waals surface area contributed by atoms with E-state index in [0.29, 0.717) is 17.9 Å². The van der Waals surface area contributed by atoms with Crippen LogP contribution in [0.2, 0.25) is 0 Å². The van der Waals surface area contributed by atoms with Gasteiger partial charge in [-0.3, -0.25) is 4.79 Å². The quantitative estimate of drug-likeness (QED) is 0.656. The van der Waals surface area contributed by atoms with E-state index in [1.807, 2.05) is 0 Å². The Labute approximate surface area is 80.1 Å². The van der Waals surface area contributed by atoms with E-state index in [9.17, 15) is 4.79 Å². The molecule has 2 heteroatoms. The number of hydrogen-bond acceptors (Lipinski definition) is 1. The lowest BCUT2D eigenvalue weighted by Crippen LogP contribution is -2.59. The molecule has 4 unspecified atom stereocenters. The normalized spacial score (nSPS) is 43.8. The summed E-state index contributed by atoms with van der Waals surface area (Å²) in [6, 6.07) is 0.447. The van der Waals surface area contributed by atoms with Gasteiger partial charge in [0.05, 0.1) is 0 Å². The molecule has 1 aliphatic heterocycles. The Morgan fingerprint density at radius 2 is 1.92 bits per heavy atom. The number of carbonyl (C=O) groups excluding carboxylic acids is 1. The van der Waals surface area contributed by atoms with Crippen LogP contribution in [0.1, 0.15) is 33.6 Å². The third-order valence-electron chi connectivity index (χ3n) is 3.93. The molecule has 13 heavy (non-hydrogen) atoms. The number of piperidine rings is 1. The van der Waals surface area contributed by atoms with Gasteiger partial charge in [0, 0.05) is 12.0 Å². The van der Waals surface area contributed by atoms with Gasteiger partial charge in [0.15, 0.2) is 0 Å². The third kappa shape index (κ3) is 1.27. The predicted molar refractivity (Wildman–Crippen MR) is 52.1 cm³/mol. The first-order chi connectivity index (χ1) is 6.11. The topological polar surface area (TPSA) is 29.1 Å². The van der Waals surface area contributed by atoms with Crippen molar-refractivity contribution < 1.29 is 4.79 Å². The molecule has 0 aromatic carbocycles. The Morgan fingerprint density at radius 3 is 2.38 bits per heavy atom. The molecular formula is C11H19NO. The average molecular weight is 181 g/mol. The molecule has 1 saturated carbocycles. The van der Waals surface area contributed by atoms with Crippen LogP contribution in [0.4, 0.5) is 0 Å². The van der Waals surface area contributed by atoms with Crippen LogP contribution in [0.25, 0.3) is 0 Å². The molecule has 0 aromatic heterocycles. The fourth-order valence-electron chi connectivity index (χ4n) is 2.88. The third-order valence-corrected chi connectivity index (χ3v) is 3.93. The van der Waals surface area contributed by atoms with Crippen LogP contribution in [0.5, 0.6) is 0 Å². The van der Waals surface area contributed by atoms with Crippen LogP contribution < -0.4 is 5.32 Å². The number of rotatable bonds is 1. The van der Waals surface area contributed by atoms with Gasteiger partial charge in [-0.25, -0.2) is 0 Å². The molecule has 2 fully saturated rings. The van der Waals surface area contributed by atoms with Crippen molar-refractivity contribution in [1.29, 1.82) is 0 Å². The van der Waals surface area contributed by atoms with Crippen molar-refractivity contribution in [3.05, 3.63) is 0 Å². The lowest BCUT2D eigenvalue weighted by Gasteiger charge is -2.50. The summed E-state index contributed by atoms with van der Waals surface area (Å²) in [4.78, 5) is 11.6. The minimum absolute atomic E-state index is 0.258. The lowest BCUT2D eigenvalue weighted by molar-refractivity contribution is -0.137. The zero-order valence-corrected chi connectivity index (χ0v) is 8.71. The van der Waals surface area contributed by atoms with Crippen LogP contribution in [0, 0.1) is 23.7 Å². The first-order valence-electron chi connectivity index (χ1n) is 5.41. The summed E-state index contributed by atoms with van der Waals surface area (Å²) in [6.07, 6.45) is 2.58. The Balaban J connectivity index is 2.12. The van der Waals surface area contributed by atoms with Gasteiger partial charge in [-0.2, -0.15) is 0 Å². The first-order valence-corrected chi connectivity index (χ1v) is 5.41. The fourth-order valence-corrected chi connectivity index (χ4v) is 2.88. The van der Waals surface area contributed by atoms with E-state index in [1.54, 1.807) is 0 Å². The summed E-state index contributed by atoms with van der Waals surface area (Å²) >= 11 is 0. The maximum absolute atomic E-state index is 11.6. The largest absolute Gasteiger partial charge is 0.353 e. The zero-order valence-electron chi connectivity index (χ0n) is 8.71. The van der Waals surface area contributed by atoms with E-state index in [1.165, 1.54) is 12.8 Å². The highest BCUT2D eigenvalue weighted by atomic mass is 16.2. The number of fused-ring (bicyclic) bond motifs is 1. The average Bonchev–Trinajstić information content (AvgIpc) is 1.98. The van der Waals surface area contributed by atoms with Crippen molar-refractivity contribution in [2.45, 2.75) is 39.7 Å². The van der Waals surface area contributed by atoms with Gasteiger partial charge in [-0.1, -0.05) is 20.8 Å². The van der Waals surface area contributed by atoms with Gasteiger partial charge >= 0.3 is 0 Å². The van der Waals surface area contributed by atoms with Crippen LogP contribution in [-0.2, 0) is 4.79 Å². The summed E-state index contributed by atoms with van der Waals surface area (Å²) in [5, 5.41) is 3.16. The standard InChI is InChI=1S/C11H19NO/c1-6(2)10-9-5-4-8(9)7(3)11(13)12-10/h6-10H,4-5H2,1-3H3,(H,12,13). The summed E-state index contributed by atoms with van der Waals surface area (Å²) < 4.78 is 0. The second kappa shape index (κ2) is 3.00. The van der Waals surface area contributed by atoms with Crippen molar-refractivity contribution >= 4 is 5.91 Å². The number of hydrogen-bond donors (Lipinski definition) is 1. The molecule has 2 rings (SSSR count). The van der Waals surface area contributed by atoms with E-state index in [0.717, 1.165) is 5.92 Å². The minimum Gasteiger partial charge on any atom is -0.353 e. The molecule has 2 nitrogen and oxygen atoms in total. The second-order valence-corrected chi connectivity index (χ2v) is 4.97. The van der Waals surface area contributed by atoms with Gasteiger partial charge in [-0.05, 0) is 30.6 Å². The summed E-state index contributed by atoms with van der Waals surface area (Å²) in [5.74, 6) is 2.58. The summed E-state index contributed by atoms with van der Waals surface area (Å²) in [5.41, 5.74) is 0. The molecular weight excluding hydrogens is 162 g/mol. The van der Waals surface area contributed by atoms with Crippen molar-refractivity contribution in [2.75, 3.05) is 0 Å². The van der Waals surface area contributed by atoms with Gasteiger partial charge in [0.1, 0.15) is 0 Å². The van der Waals surface area contributed by atoms with E-state index < -0.39 is 0 Å². The van der Waals surface area contributed by atoms with E-state index >= 15 is 0 Å². The Kier molecular flexibility index (Phi) is 2.09. The monoisotopic (exact) mass is 181 g/mol. The number of carbonyl (C=O) groups is 1. The SMILES string of the molecule is CC(C)C1NC(=O)C(C)C2CCC21. The number of amides is 1. The summed E-state index contributed by atoms with van der Waals surface area (Å²) in [6.45, 7) is 6.48. The molecule has 4 atom stereocenters. The predicted octanol–water partition coefficient (Wildman–Crippen LogP) is 1.80. The highest BCUT2D eigenvalue weighted by Gasteiger charge is 2.47. The second-order valence-electron chi connectivity index (χ2n) is 4.97. The van der Waals surface area contributed by atoms with Crippen molar-refractivity contribution in [3.8, 4) is 0 Å². The zero-order chi connectivity index (χ0) is 9.59. The van der Waals surface area contributed by atoms with Crippen molar-refractivity contribution in [1.82, 2.24) is 5.32 Å². The van der Waals surface area contributed by atoms with Crippen LogP contribution in [0.15, 0.2) is 0 Å². The molecule has 74 valence electrons. The van der Waals surface area contributed by atoms with Crippen LogP contribution in [-0.4, -0.2) is 11.9 Å². The van der Waals surface area contributed by atoms with E-state index in [-0.39, 0.29) is 11.8 Å². The fraction of sp³-hybridized carbons (Fsp3) is 0.909. The van der Waals surface area contributed by atoms with Crippen LogP contribution in [0.3, 0.4) is 0 Å². The lowest BCUT2D eigenvalue weighted by atomic mass is 9.60. The maximum atomic E-state index is 11.6. The van der Waals surface area contributed by atoms with E-state index in [4.69, 9.17) is 0 Å². The van der Waals surface area contributed by atoms with Gasteiger partial charge in [-0.15, -0.1) is 0 Å². The Bertz CT molecular complexity index is 224. The Hall–Kier alpha value is -0.530. The first kappa shape index (κ1) is 9.04. The van der Waals surface area contributed by atoms with E-state index in [2.05, 4.69) is 26.1 Å². The molecule has 1 aliphatic carbocycles. The van der Waals surface area contributed by atoms with Crippen molar-refractivity contribution in [3.63, 3.8) is 0 Å². The molecule has 1 N–H and O–H groups in total. The molecule has 1 amide bonds. The maximum Gasteiger partial charge on any atom is 0.223 e. The Morgan fingerprint density at radius 1 is 1.31 bits per heavy atom. The molecule has 0 aromatic rings. The highest BCUT2D eigenvalue weighted by Crippen LogP contribution is 2.45. The van der Waals surface area contributed by atoms with Gasteiger partial charge in [0.25, 0.3) is 0 Å². The number of nitrogens with one attached hydrogen (secondary N) is 1. The molecule has 0 radical (unpaired) electrons. The minimum atomic E-state index is 0.258. The van der Waals surface area contributed by atoms with Gasteiger partial charge < -0.3 is 5.32 Å². The molecule has 0 bridgehead atoms. The molecule has 1 saturated heterocycles.